The summed E-state index contributed by atoms with van der Waals surface area (Å²) in [5.74, 6) is 1.84. The standard InChI is InChI=1S/C21H26N4O2/c1-26-19-9-8-16(14-20(19)27-2)15-24-21(22)23-11-5-12-25-13-10-17-6-3-4-7-18(17)25/h3-4,6-10,13-14H,5,11-12,15H2,1-2H3,(H3,22,23,24). The molecule has 0 fully saturated rings. The second-order valence-corrected chi connectivity index (χ2v) is 6.24. The molecule has 0 atom stereocenters. The Balaban J connectivity index is 1.47. The topological polar surface area (TPSA) is 73.8 Å². The van der Waals surface area contributed by atoms with Gasteiger partial charge in [-0.2, -0.15) is 0 Å². The van der Waals surface area contributed by atoms with Gasteiger partial charge in [-0.25, -0.2) is 4.99 Å². The summed E-state index contributed by atoms with van der Waals surface area (Å²) in [4.78, 5) is 4.39. The van der Waals surface area contributed by atoms with Crippen molar-refractivity contribution in [2.24, 2.45) is 10.7 Å². The zero-order valence-corrected chi connectivity index (χ0v) is 15.8. The minimum Gasteiger partial charge on any atom is -0.493 e. The van der Waals surface area contributed by atoms with E-state index in [-0.39, 0.29) is 0 Å². The van der Waals surface area contributed by atoms with E-state index in [1.807, 2.05) is 18.2 Å². The molecule has 1 aromatic heterocycles. The van der Waals surface area contributed by atoms with Crippen LogP contribution in [0.2, 0.25) is 0 Å². The first-order valence-corrected chi connectivity index (χ1v) is 9.00. The first-order valence-electron chi connectivity index (χ1n) is 9.00. The number of aliphatic imine (C=N–C) groups is 1. The Morgan fingerprint density at radius 2 is 1.89 bits per heavy atom. The molecule has 0 aliphatic rings. The van der Waals surface area contributed by atoms with E-state index in [0.29, 0.717) is 24.0 Å². The summed E-state index contributed by atoms with van der Waals surface area (Å²) in [6.45, 7) is 2.19. The number of guanidine groups is 1. The van der Waals surface area contributed by atoms with Gasteiger partial charge in [-0.05, 0) is 41.6 Å². The predicted molar refractivity (Wildman–Crippen MR) is 109 cm³/mol. The highest BCUT2D eigenvalue weighted by atomic mass is 16.5. The number of hydrogen-bond acceptors (Lipinski definition) is 3. The van der Waals surface area contributed by atoms with Crippen LogP contribution in [0.4, 0.5) is 0 Å². The maximum atomic E-state index is 5.97. The number of nitrogens with two attached hydrogens (primary N) is 1. The van der Waals surface area contributed by atoms with Crippen LogP contribution in [-0.4, -0.2) is 31.3 Å². The fourth-order valence-corrected chi connectivity index (χ4v) is 3.01. The van der Waals surface area contributed by atoms with Crippen LogP contribution >= 0.6 is 0 Å². The number of aryl methyl sites for hydroxylation is 1. The molecule has 3 rings (SSSR count). The molecule has 3 aromatic rings. The minimum atomic E-state index is 0.446. The quantitative estimate of drug-likeness (QED) is 0.365. The molecule has 3 N–H and O–H groups in total. The summed E-state index contributed by atoms with van der Waals surface area (Å²) in [6.07, 6.45) is 3.09. The molecule has 142 valence electrons. The van der Waals surface area contributed by atoms with Gasteiger partial charge < -0.3 is 25.1 Å². The summed E-state index contributed by atoms with van der Waals surface area (Å²) in [7, 11) is 3.24. The van der Waals surface area contributed by atoms with Crippen LogP contribution in [0.1, 0.15) is 12.0 Å². The first-order chi connectivity index (χ1) is 13.2. The zero-order chi connectivity index (χ0) is 19.1. The van der Waals surface area contributed by atoms with Crippen molar-refractivity contribution < 1.29 is 9.47 Å². The van der Waals surface area contributed by atoms with E-state index in [2.05, 4.69) is 51.4 Å². The lowest BCUT2D eigenvalue weighted by atomic mass is 10.2. The molecule has 1 heterocycles. The van der Waals surface area contributed by atoms with E-state index >= 15 is 0 Å². The molecule has 2 aromatic carbocycles. The Morgan fingerprint density at radius 1 is 1.07 bits per heavy atom. The van der Waals surface area contributed by atoms with Crippen molar-refractivity contribution in [3.8, 4) is 11.5 Å². The molecular weight excluding hydrogens is 340 g/mol. The fraction of sp³-hybridized carbons (Fsp3) is 0.286. The SMILES string of the molecule is COc1ccc(CN=C(N)NCCCn2ccc3ccccc32)cc1OC. The average molecular weight is 366 g/mol. The molecule has 0 unspecified atom stereocenters. The molecule has 6 nitrogen and oxygen atoms in total. The summed E-state index contributed by atoms with van der Waals surface area (Å²) in [5.41, 5.74) is 8.24. The number of hydrogen-bond donors (Lipinski definition) is 2. The van der Waals surface area contributed by atoms with E-state index in [1.54, 1.807) is 14.2 Å². The van der Waals surface area contributed by atoms with Crippen molar-refractivity contribution in [3.63, 3.8) is 0 Å². The zero-order valence-electron chi connectivity index (χ0n) is 15.8. The van der Waals surface area contributed by atoms with Gasteiger partial charge in [0.2, 0.25) is 0 Å². The fourth-order valence-electron chi connectivity index (χ4n) is 3.01. The first kappa shape index (κ1) is 18.6. The van der Waals surface area contributed by atoms with Crippen LogP contribution in [-0.2, 0) is 13.1 Å². The molecule has 6 heteroatoms. The third-order valence-corrected chi connectivity index (χ3v) is 4.44. The third kappa shape index (κ3) is 4.73. The van der Waals surface area contributed by atoms with E-state index in [4.69, 9.17) is 15.2 Å². The highest BCUT2D eigenvalue weighted by Gasteiger charge is 2.04. The molecule has 0 spiro atoms. The molecule has 0 aliphatic heterocycles. The molecule has 0 amide bonds. The highest BCUT2D eigenvalue weighted by molar-refractivity contribution is 5.80. The number of methoxy groups -OCH3 is 2. The van der Waals surface area contributed by atoms with Crippen LogP contribution in [0.5, 0.6) is 11.5 Å². The van der Waals surface area contributed by atoms with Crippen molar-refractivity contribution >= 4 is 16.9 Å². The maximum absolute atomic E-state index is 5.97. The number of benzene rings is 2. The Labute approximate surface area is 159 Å². The van der Waals surface area contributed by atoms with Crippen LogP contribution in [0, 0.1) is 0 Å². The minimum absolute atomic E-state index is 0.446. The third-order valence-electron chi connectivity index (χ3n) is 4.44. The largest absolute Gasteiger partial charge is 0.493 e. The van der Waals surface area contributed by atoms with Gasteiger partial charge in [-0.1, -0.05) is 24.3 Å². The highest BCUT2D eigenvalue weighted by Crippen LogP contribution is 2.27. The smallest absolute Gasteiger partial charge is 0.188 e. The summed E-state index contributed by atoms with van der Waals surface area (Å²) >= 11 is 0. The predicted octanol–water partition coefficient (Wildman–Crippen LogP) is 3.15. The van der Waals surface area contributed by atoms with Gasteiger partial charge in [0, 0.05) is 24.8 Å². The van der Waals surface area contributed by atoms with Gasteiger partial charge in [0.1, 0.15) is 0 Å². The van der Waals surface area contributed by atoms with Crippen LogP contribution in [0.25, 0.3) is 10.9 Å². The summed E-state index contributed by atoms with van der Waals surface area (Å²) < 4.78 is 12.8. The van der Waals surface area contributed by atoms with Crippen LogP contribution in [0.15, 0.2) is 59.7 Å². The van der Waals surface area contributed by atoms with Crippen molar-refractivity contribution in [3.05, 3.63) is 60.3 Å². The van der Waals surface area contributed by atoms with Crippen molar-refractivity contribution in [2.75, 3.05) is 20.8 Å². The Morgan fingerprint density at radius 3 is 2.70 bits per heavy atom. The second-order valence-electron chi connectivity index (χ2n) is 6.24. The van der Waals surface area contributed by atoms with Crippen LogP contribution < -0.4 is 20.5 Å². The molecule has 0 radical (unpaired) electrons. The van der Waals surface area contributed by atoms with E-state index in [1.165, 1.54) is 10.9 Å². The molecule has 0 saturated carbocycles. The Hall–Kier alpha value is -3.15. The molecule has 27 heavy (non-hydrogen) atoms. The molecular formula is C21H26N4O2. The van der Waals surface area contributed by atoms with E-state index in [9.17, 15) is 0 Å². The lowest BCUT2D eigenvalue weighted by Crippen LogP contribution is -2.32. The lowest BCUT2D eigenvalue weighted by Gasteiger charge is -2.09. The van der Waals surface area contributed by atoms with Gasteiger partial charge in [-0.15, -0.1) is 0 Å². The van der Waals surface area contributed by atoms with Gasteiger partial charge >= 0.3 is 0 Å². The van der Waals surface area contributed by atoms with E-state index in [0.717, 1.165) is 25.1 Å². The molecule has 0 bridgehead atoms. The monoisotopic (exact) mass is 366 g/mol. The van der Waals surface area contributed by atoms with Gasteiger partial charge in [0.15, 0.2) is 17.5 Å². The molecule has 0 saturated heterocycles. The number of nitrogens with zero attached hydrogens (tertiary/aromatic N) is 2. The number of ether oxygens (including phenoxy) is 2. The van der Waals surface area contributed by atoms with Crippen LogP contribution in [0.3, 0.4) is 0 Å². The van der Waals surface area contributed by atoms with Gasteiger partial charge in [0.25, 0.3) is 0 Å². The summed E-state index contributed by atoms with van der Waals surface area (Å²) in [5, 5.41) is 4.44. The molecule has 0 aliphatic carbocycles. The van der Waals surface area contributed by atoms with Gasteiger partial charge in [0.05, 0.1) is 20.8 Å². The van der Waals surface area contributed by atoms with Crippen molar-refractivity contribution in [1.29, 1.82) is 0 Å². The number of fused-ring (bicyclic) bond motifs is 1. The van der Waals surface area contributed by atoms with Gasteiger partial charge in [-0.3, -0.25) is 0 Å². The number of nitrogens with one attached hydrogen (secondary N) is 1. The Kier molecular flexibility index (Phi) is 6.20. The van der Waals surface area contributed by atoms with Crippen molar-refractivity contribution in [2.45, 2.75) is 19.5 Å². The number of para-hydroxylation sites is 1. The maximum Gasteiger partial charge on any atom is 0.188 e. The normalized spacial score (nSPS) is 11.6. The number of rotatable bonds is 8. The van der Waals surface area contributed by atoms with Crippen molar-refractivity contribution in [1.82, 2.24) is 9.88 Å². The summed E-state index contributed by atoms with van der Waals surface area (Å²) in [6, 6.07) is 16.3. The lowest BCUT2D eigenvalue weighted by molar-refractivity contribution is 0.354. The second kappa shape index (κ2) is 8.98. The van der Waals surface area contributed by atoms with E-state index < -0.39 is 0 Å². The number of aromatic nitrogens is 1. The Bertz CT molecular complexity index is 917. The average Bonchev–Trinajstić information content (AvgIpc) is 3.12.